The van der Waals surface area contributed by atoms with Gasteiger partial charge in [0.15, 0.2) is 0 Å². The lowest BCUT2D eigenvalue weighted by atomic mass is 10.1. The molecular formula is C14H19F2N3O2. The SMILES string of the molecule is CNc1c(F)cc(C(=O)NCCC(=O)NC(C)C)cc1F. The van der Waals surface area contributed by atoms with E-state index in [9.17, 15) is 18.4 Å². The van der Waals surface area contributed by atoms with Crippen LogP contribution in [0.4, 0.5) is 14.5 Å². The first-order chi connectivity index (χ1) is 9.85. The van der Waals surface area contributed by atoms with Crippen molar-refractivity contribution in [3.05, 3.63) is 29.3 Å². The van der Waals surface area contributed by atoms with E-state index in [4.69, 9.17) is 0 Å². The minimum absolute atomic E-state index is 0.0190. The topological polar surface area (TPSA) is 70.2 Å². The maximum atomic E-state index is 13.5. The molecule has 0 aromatic heterocycles. The molecule has 21 heavy (non-hydrogen) atoms. The number of amides is 2. The molecule has 0 saturated carbocycles. The highest BCUT2D eigenvalue weighted by molar-refractivity contribution is 5.94. The molecule has 0 unspecified atom stereocenters. The number of hydrogen-bond acceptors (Lipinski definition) is 3. The van der Waals surface area contributed by atoms with Gasteiger partial charge in [-0.05, 0) is 26.0 Å². The molecule has 5 nitrogen and oxygen atoms in total. The summed E-state index contributed by atoms with van der Waals surface area (Å²) < 4.78 is 27.0. The molecule has 3 N–H and O–H groups in total. The number of halogens is 2. The normalized spacial score (nSPS) is 10.4. The van der Waals surface area contributed by atoms with Gasteiger partial charge in [0, 0.05) is 31.6 Å². The lowest BCUT2D eigenvalue weighted by molar-refractivity contribution is -0.121. The van der Waals surface area contributed by atoms with Gasteiger partial charge in [-0.15, -0.1) is 0 Å². The van der Waals surface area contributed by atoms with Crippen LogP contribution in [-0.2, 0) is 4.79 Å². The number of hydrogen-bond donors (Lipinski definition) is 3. The number of carbonyl (C=O) groups is 2. The van der Waals surface area contributed by atoms with E-state index in [1.807, 2.05) is 13.8 Å². The lowest BCUT2D eigenvalue weighted by Gasteiger charge is -2.10. The van der Waals surface area contributed by atoms with Crippen LogP contribution < -0.4 is 16.0 Å². The Hall–Kier alpha value is -2.18. The summed E-state index contributed by atoms with van der Waals surface area (Å²) in [7, 11) is 1.38. The van der Waals surface area contributed by atoms with Crippen molar-refractivity contribution in [1.82, 2.24) is 10.6 Å². The first-order valence-electron chi connectivity index (χ1n) is 6.59. The number of anilines is 1. The molecule has 0 bridgehead atoms. The summed E-state index contributed by atoms with van der Waals surface area (Å²) in [5.41, 5.74) is -0.420. The fraction of sp³-hybridized carbons (Fsp3) is 0.429. The second-order valence-electron chi connectivity index (χ2n) is 4.79. The summed E-state index contributed by atoms with van der Waals surface area (Å²) in [5, 5.41) is 7.48. The van der Waals surface area contributed by atoms with Crippen LogP contribution in [0.2, 0.25) is 0 Å². The average Bonchev–Trinajstić information content (AvgIpc) is 2.37. The third kappa shape index (κ3) is 5.02. The quantitative estimate of drug-likeness (QED) is 0.748. The van der Waals surface area contributed by atoms with E-state index < -0.39 is 17.5 Å². The zero-order chi connectivity index (χ0) is 16.0. The average molecular weight is 299 g/mol. The maximum absolute atomic E-state index is 13.5. The molecule has 116 valence electrons. The highest BCUT2D eigenvalue weighted by Gasteiger charge is 2.14. The first kappa shape index (κ1) is 16.9. The van der Waals surface area contributed by atoms with E-state index in [0.29, 0.717) is 0 Å². The Morgan fingerprint density at radius 1 is 1.19 bits per heavy atom. The van der Waals surface area contributed by atoms with Gasteiger partial charge in [0.25, 0.3) is 5.91 Å². The predicted octanol–water partition coefficient (Wildman–Crippen LogP) is 1.65. The number of carbonyl (C=O) groups excluding carboxylic acids is 2. The van der Waals surface area contributed by atoms with Crippen LogP contribution >= 0.6 is 0 Å². The number of nitrogens with one attached hydrogen (secondary N) is 3. The highest BCUT2D eigenvalue weighted by atomic mass is 19.1. The van der Waals surface area contributed by atoms with Crippen molar-refractivity contribution in [3.63, 3.8) is 0 Å². The van der Waals surface area contributed by atoms with E-state index >= 15 is 0 Å². The van der Waals surface area contributed by atoms with Gasteiger partial charge in [0.1, 0.15) is 17.3 Å². The molecule has 1 aromatic carbocycles. The number of rotatable bonds is 6. The van der Waals surface area contributed by atoms with Crippen molar-refractivity contribution < 1.29 is 18.4 Å². The molecule has 2 amide bonds. The van der Waals surface area contributed by atoms with Crippen LogP contribution in [0.5, 0.6) is 0 Å². The zero-order valence-corrected chi connectivity index (χ0v) is 12.2. The molecule has 0 atom stereocenters. The van der Waals surface area contributed by atoms with E-state index in [1.54, 1.807) is 0 Å². The summed E-state index contributed by atoms with van der Waals surface area (Å²) in [4.78, 5) is 23.1. The second kappa shape index (κ2) is 7.56. The minimum Gasteiger partial charge on any atom is -0.383 e. The van der Waals surface area contributed by atoms with Gasteiger partial charge >= 0.3 is 0 Å². The first-order valence-corrected chi connectivity index (χ1v) is 6.59. The molecule has 0 aliphatic carbocycles. The summed E-state index contributed by atoms with van der Waals surface area (Å²) in [6.45, 7) is 3.74. The smallest absolute Gasteiger partial charge is 0.251 e. The summed E-state index contributed by atoms with van der Waals surface area (Å²) in [6, 6.07) is 1.90. The van der Waals surface area contributed by atoms with Gasteiger partial charge in [0.2, 0.25) is 5.91 Å². The van der Waals surface area contributed by atoms with Crippen LogP contribution in [0, 0.1) is 11.6 Å². The van der Waals surface area contributed by atoms with Crippen LogP contribution in [0.1, 0.15) is 30.6 Å². The van der Waals surface area contributed by atoms with Gasteiger partial charge in [-0.3, -0.25) is 9.59 Å². The van der Waals surface area contributed by atoms with Crippen molar-refractivity contribution in [2.24, 2.45) is 0 Å². The van der Waals surface area contributed by atoms with Crippen LogP contribution in [0.3, 0.4) is 0 Å². The van der Waals surface area contributed by atoms with Crippen molar-refractivity contribution >= 4 is 17.5 Å². The van der Waals surface area contributed by atoms with Gasteiger partial charge in [-0.1, -0.05) is 0 Å². The van der Waals surface area contributed by atoms with Crippen molar-refractivity contribution in [1.29, 1.82) is 0 Å². The lowest BCUT2D eigenvalue weighted by Crippen LogP contribution is -2.34. The van der Waals surface area contributed by atoms with Gasteiger partial charge in [0.05, 0.1) is 0 Å². The Morgan fingerprint density at radius 3 is 2.24 bits per heavy atom. The van der Waals surface area contributed by atoms with Gasteiger partial charge in [-0.2, -0.15) is 0 Å². The largest absolute Gasteiger partial charge is 0.383 e. The van der Waals surface area contributed by atoms with E-state index in [0.717, 1.165) is 12.1 Å². The molecule has 0 spiro atoms. The Labute approximate surface area is 122 Å². The van der Waals surface area contributed by atoms with E-state index in [2.05, 4.69) is 16.0 Å². The number of benzene rings is 1. The predicted molar refractivity (Wildman–Crippen MR) is 76.1 cm³/mol. The van der Waals surface area contributed by atoms with Crippen LogP contribution in [-0.4, -0.2) is 31.4 Å². The molecular weight excluding hydrogens is 280 g/mol. The molecule has 0 aliphatic heterocycles. The molecule has 1 aromatic rings. The fourth-order valence-electron chi connectivity index (χ4n) is 1.73. The van der Waals surface area contributed by atoms with Crippen molar-refractivity contribution in [3.8, 4) is 0 Å². The van der Waals surface area contributed by atoms with Crippen LogP contribution in [0.15, 0.2) is 12.1 Å². The molecule has 1 rings (SSSR count). The third-order valence-corrected chi connectivity index (χ3v) is 2.64. The Morgan fingerprint density at radius 2 is 1.76 bits per heavy atom. The molecule has 0 fully saturated rings. The Kier molecular flexibility index (Phi) is 6.08. The molecule has 7 heteroatoms. The summed E-state index contributed by atoms with van der Waals surface area (Å²) in [6.07, 6.45) is 0.101. The van der Waals surface area contributed by atoms with Crippen molar-refractivity contribution in [2.45, 2.75) is 26.3 Å². The fourth-order valence-corrected chi connectivity index (χ4v) is 1.73. The van der Waals surface area contributed by atoms with E-state index in [1.165, 1.54) is 7.05 Å². The molecule has 0 heterocycles. The Balaban J connectivity index is 2.59. The highest BCUT2D eigenvalue weighted by Crippen LogP contribution is 2.20. The molecule has 0 radical (unpaired) electrons. The summed E-state index contributed by atoms with van der Waals surface area (Å²) >= 11 is 0. The monoisotopic (exact) mass is 299 g/mol. The van der Waals surface area contributed by atoms with Crippen molar-refractivity contribution in [2.75, 3.05) is 18.9 Å². The minimum atomic E-state index is -0.847. The zero-order valence-electron chi connectivity index (χ0n) is 12.2. The van der Waals surface area contributed by atoms with E-state index in [-0.39, 0.29) is 36.2 Å². The second-order valence-corrected chi connectivity index (χ2v) is 4.79. The molecule has 0 aliphatic rings. The standard InChI is InChI=1S/C14H19F2N3O2/c1-8(2)19-12(20)4-5-18-14(21)9-6-10(15)13(17-3)11(16)7-9/h6-8,17H,4-5H2,1-3H3,(H,18,21)(H,19,20). The van der Waals surface area contributed by atoms with Gasteiger partial charge < -0.3 is 16.0 Å². The summed E-state index contributed by atoms with van der Waals surface area (Å²) in [5.74, 6) is -2.53. The van der Waals surface area contributed by atoms with Crippen LogP contribution in [0.25, 0.3) is 0 Å². The maximum Gasteiger partial charge on any atom is 0.251 e. The molecule has 0 saturated heterocycles. The third-order valence-electron chi connectivity index (χ3n) is 2.64. The Bertz CT molecular complexity index is 510. The van der Waals surface area contributed by atoms with Gasteiger partial charge in [-0.25, -0.2) is 8.78 Å².